The summed E-state index contributed by atoms with van der Waals surface area (Å²) in [4.78, 5) is 12.4. The summed E-state index contributed by atoms with van der Waals surface area (Å²) < 4.78 is 35.0. The molecular formula is C19H20ClN5O4S. The average molecular weight is 450 g/mol. The van der Waals surface area contributed by atoms with E-state index in [-0.39, 0.29) is 34.7 Å². The molecule has 1 aromatic carbocycles. The molecule has 1 aliphatic rings. The third-order valence-electron chi connectivity index (χ3n) is 4.80. The van der Waals surface area contributed by atoms with Crippen molar-refractivity contribution in [1.82, 2.24) is 24.6 Å². The fraction of sp³-hybridized carbons (Fsp3) is 0.316. The van der Waals surface area contributed by atoms with E-state index in [0.717, 1.165) is 12.8 Å². The highest BCUT2D eigenvalue weighted by Crippen LogP contribution is 2.23. The van der Waals surface area contributed by atoms with Gasteiger partial charge < -0.3 is 10.1 Å². The van der Waals surface area contributed by atoms with Crippen LogP contribution in [0.4, 0.5) is 0 Å². The number of nitrogens with one attached hydrogen (secondary N) is 2. The summed E-state index contributed by atoms with van der Waals surface area (Å²) in [6, 6.07) is 9.61. The standard InChI is InChI=1S/C19H20ClN5O4S/c20-15-7-6-13(10-16(15)30(27,28)22-11-14-4-3-9-29-14)19(26)21-12-18-24-23-17-5-1-2-8-25(17)18/h1-2,5-8,10,14,22H,3-4,9,11-12H2,(H,21,26)/t14-/m1/s1. The van der Waals surface area contributed by atoms with Crippen molar-refractivity contribution in [2.45, 2.75) is 30.4 Å². The highest BCUT2D eigenvalue weighted by Gasteiger charge is 2.23. The summed E-state index contributed by atoms with van der Waals surface area (Å²) in [7, 11) is -3.89. The van der Waals surface area contributed by atoms with Crippen LogP contribution in [0.3, 0.4) is 0 Å². The number of sulfonamides is 1. The molecule has 3 aromatic rings. The number of carbonyl (C=O) groups is 1. The highest BCUT2D eigenvalue weighted by molar-refractivity contribution is 7.89. The quantitative estimate of drug-likeness (QED) is 0.568. The Balaban J connectivity index is 1.47. The molecule has 2 N–H and O–H groups in total. The number of benzene rings is 1. The van der Waals surface area contributed by atoms with E-state index >= 15 is 0 Å². The molecule has 30 heavy (non-hydrogen) atoms. The van der Waals surface area contributed by atoms with Gasteiger partial charge in [-0.25, -0.2) is 13.1 Å². The van der Waals surface area contributed by atoms with Crippen molar-refractivity contribution >= 4 is 33.2 Å². The van der Waals surface area contributed by atoms with E-state index in [1.165, 1.54) is 18.2 Å². The molecule has 4 rings (SSSR count). The van der Waals surface area contributed by atoms with Gasteiger partial charge >= 0.3 is 0 Å². The third kappa shape index (κ3) is 4.46. The summed E-state index contributed by atoms with van der Waals surface area (Å²) >= 11 is 6.10. The Bertz CT molecular complexity index is 1170. The van der Waals surface area contributed by atoms with E-state index < -0.39 is 15.9 Å². The fourth-order valence-corrected chi connectivity index (χ4v) is 4.80. The molecule has 1 fully saturated rings. The van der Waals surface area contributed by atoms with Crippen LogP contribution < -0.4 is 10.0 Å². The van der Waals surface area contributed by atoms with E-state index in [1.807, 2.05) is 12.1 Å². The van der Waals surface area contributed by atoms with Crippen molar-refractivity contribution in [3.63, 3.8) is 0 Å². The van der Waals surface area contributed by atoms with Gasteiger partial charge in [-0.1, -0.05) is 17.7 Å². The van der Waals surface area contributed by atoms with Gasteiger partial charge in [0.1, 0.15) is 4.90 Å². The first kappa shape index (κ1) is 20.7. The maximum absolute atomic E-state index is 12.7. The van der Waals surface area contributed by atoms with Crippen LogP contribution in [0.25, 0.3) is 5.65 Å². The summed E-state index contributed by atoms with van der Waals surface area (Å²) in [5.41, 5.74) is 0.838. The molecule has 0 bridgehead atoms. The number of amides is 1. The van der Waals surface area contributed by atoms with Crippen molar-refractivity contribution < 1.29 is 17.9 Å². The minimum absolute atomic E-state index is 0.0369. The van der Waals surface area contributed by atoms with Gasteiger partial charge in [-0.15, -0.1) is 10.2 Å². The summed E-state index contributed by atoms with van der Waals surface area (Å²) in [6.07, 6.45) is 3.35. The smallest absolute Gasteiger partial charge is 0.251 e. The number of pyridine rings is 1. The Hall–Kier alpha value is -2.53. The minimum Gasteiger partial charge on any atom is -0.377 e. The molecule has 0 unspecified atom stereocenters. The molecule has 0 aliphatic carbocycles. The lowest BCUT2D eigenvalue weighted by Gasteiger charge is -2.13. The Morgan fingerprint density at radius 1 is 1.27 bits per heavy atom. The first-order valence-corrected chi connectivity index (χ1v) is 11.3. The minimum atomic E-state index is -3.89. The molecule has 9 nitrogen and oxygen atoms in total. The van der Waals surface area contributed by atoms with E-state index in [9.17, 15) is 13.2 Å². The predicted molar refractivity (Wildman–Crippen MR) is 110 cm³/mol. The lowest BCUT2D eigenvalue weighted by Crippen LogP contribution is -2.32. The molecule has 11 heteroatoms. The Morgan fingerprint density at radius 3 is 2.93 bits per heavy atom. The van der Waals surface area contributed by atoms with Gasteiger partial charge in [-0.05, 0) is 43.2 Å². The number of carbonyl (C=O) groups excluding carboxylic acids is 1. The second-order valence-electron chi connectivity index (χ2n) is 6.86. The van der Waals surface area contributed by atoms with E-state index in [2.05, 4.69) is 20.2 Å². The maximum atomic E-state index is 12.7. The van der Waals surface area contributed by atoms with Crippen molar-refractivity contribution in [3.8, 4) is 0 Å². The molecule has 1 aliphatic heterocycles. The number of hydrogen-bond acceptors (Lipinski definition) is 6. The molecule has 1 atom stereocenters. The second-order valence-corrected chi connectivity index (χ2v) is 9.00. The van der Waals surface area contributed by atoms with Crippen molar-refractivity contribution in [2.75, 3.05) is 13.2 Å². The number of aromatic nitrogens is 3. The number of fused-ring (bicyclic) bond motifs is 1. The van der Waals surface area contributed by atoms with Crippen LogP contribution in [-0.4, -0.2) is 48.2 Å². The topological polar surface area (TPSA) is 115 Å². The van der Waals surface area contributed by atoms with Gasteiger partial charge in [0, 0.05) is 24.9 Å². The number of rotatable bonds is 7. The highest BCUT2D eigenvalue weighted by atomic mass is 35.5. The third-order valence-corrected chi connectivity index (χ3v) is 6.70. The van der Waals surface area contributed by atoms with Crippen LogP contribution in [0, 0.1) is 0 Å². The van der Waals surface area contributed by atoms with Crippen LogP contribution >= 0.6 is 11.6 Å². The molecule has 0 saturated carbocycles. The first-order valence-electron chi connectivity index (χ1n) is 9.42. The molecule has 0 radical (unpaired) electrons. The first-order chi connectivity index (χ1) is 14.4. The van der Waals surface area contributed by atoms with Gasteiger partial charge in [0.2, 0.25) is 10.0 Å². The number of hydrogen-bond donors (Lipinski definition) is 2. The molecular weight excluding hydrogens is 430 g/mol. The van der Waals surface area contributed by atoms with E-state index in [4.69, 9.17) is 16.3 Å². The SMILES string of the molecule is O=C(NCc1nnc2ccccn12)c1ccc(Cl)c(S(=O)(=O)NC[C@H]2CCCO2)c1. The van der Waals surface area contributed by atoms with Crippen molar-refractivity contribution in [3.05, 3.63) is 59.0 Å². The summed E-state index contributed by atoms with van der Waals surface area (Å²) in [5.74, 6) is 0.105. The zero-order valence-electron chi connectivity index (χ0n) is 15.9. The zero-order chi connectivity index (χ0) is 21.1. The largest absolute Gasteiger partial charge is 0.377 e. The van der Waals surface area contributed by atoms with Crippen LogP contribution in [0.2, 0.25) is 5.02 Å². The van der Waals surface area contributed by atoms with Crippen LogP contribution in [0.5, 0.6) is 0 Å². The second kappa shape index (κ2) is 8.68. The van der Waals surface area contributed by atoms with Gasteiger partial charge in [-0.3, -0.25) is 9.20 Å². The molecule has 2 aromatic heterocycles. The normalized spacial score (nSPS) is 16.8. The lowest BCUT2D eigenvalue weighted by molar-refractivity contribution is 0.0949. The monoisotopic (exact) mass is 449 g/mol. The average Bonchev–Trinajstić information content (AvgIpc) is 3.41. The summed E-state index contributed by atoms with van der Waals surface area (Å²) in [5, 5.41) is 10.8. The summed E-state index contributed by atoms with van der Waals surface area (Å²) in [6.45, 7) is 0.922. The van der Waals surface area contributed by atoms with E-state index in [1.54, 1.807) is 16.7 Å². The van der Waals surface area contributed by atoms with Crippen molar-refractivity contribution in [2.24, 2.45) is 0 Å². The van der Waals surface area contributed by atoms with Gasteiger partial charge in [0.15, 0.2) is 11.5 Å². The van der Waals surface area contributed by atoms with Gasteiger partial charge in [-0.2, -0.15) is 0 Å². The zero-order valence-corrected chi connectivity index (χ0v) is 17.5. The molecule has 158 valence electrons. The van der Waals surface area contributed by atoms with Crippen LogP contribution in [0.15, 0.2) is 47.5 Å². The maximum Gasteiger partial charge on any atom is 0.251 e. The van der Waals surface area contributed by atoms with E-state index in [0.29, 0.717) is 18.1 Å². The Morgan fingerprint density at radius 2 is 2.13 bits per heavy atom. The molecule has 0 spiro atoms. The van der Waals surface area contributed by atoms with Crippen LogP contribution in [0.1, 0.15) is 29.0 Å². The Labute approximate surface area is 178 Å². The van der Waals surface area contributed by atoms with Gasteiger partial charge in [0.05, 0.1) is 17.7 Å². The Kier molecular flexibility index (Phi) is 6.00. The molecule has 1 saturated heterocycles. The molecule has 1 amide bonds. The number of halogens is 1. The fourth-order valence-electron chi connectivity index (χ4n) is 3.21. The van der Waals surface area contributed by atoms with Crippen molar-refractivity contribution in [1.29, 1.82) is 0 Å². The van der Waals surface area contributed by atoms with Crippen LogP contribution in [-0.2, 0) is 21.3 Å². The predicted octanol–water partition coefficient (Wildman–Crippen LogP) is 1.77. The molecule has 3 heterocycles. The number of ether oxygens (including phenoxy) is 1. The van der Waals surface area contributed by atoms with Gasteiger partial charge in [0.25, 0.3) is 5.91 Å². The number of nitrogens with zero attached hydrogens (tertiary/aromatic N) is 3. The lowest BCUT2D eigenvalue weighted by atomic mass is 10.2.